The molecule has 1 aromatic heterocycles. The maximum atomic E-state index is 13.3. The van der Waals surface area contributed by atoms with Crippen molar-refractivity contribution in [1.29, 1.82) is 0 Å². The number of benzene rings is 2. The van der Waals surface area contributed by atoms with Crippen molar-refractivity contribution in [1.82, 2.24) is 20.2 Å². The summed E-state index contributed by atoms with van der Waals surface area (Å²) in [5.41, 5.74) is 9.22. The van der Waals surface area contributed by atoms with E-state index in [4.69, 9.17) is 16.9 Å². The Labute approximate surface area is 194 Å². The Hall–Kier alpha value is -3.50. The Morgan fingerprint density at radius 2 is 2.12 bits per heavy atom. The molecule has 1 amide bonds. The van der Waals surface area contributed by atoms with Crippen LogP contribution < -0.4 is 15.8 Å². The highest BCUT2D eigenvalue weighted by Crippen LogP contribution is 2.25. The van der Waals surface area contributed by atoms with Gasteiger partial charge in [0.25, 0.3) is 5.91 Å². The number of nitrogen functional groups attached to an aromatic ring is 1. The number of amides is 1. The number of hydrogen-bond donors (Lipinski definition) is 3. The summed E-state index contributed by atoms with van der Waals surface area (Å²) in [7, 11) is 0. The summed E-state index contributed by atoms with van der Waals surface area (Å²) in [6, 6.07) is 14.0. The Kier molecular flexibility index (Phi) is 7.16. The molecule has 4 N–H and O–H groups in total. The number of rotatable bonds is 8. The molecule has 1 saturated carbocycles. The van der Waals surface area contributed by atoms with E-state index in [1.54, 1.807) is 6.07 Å². The summed E-state index contributed by atoms with van der Waals surface area (Å²) in [5.74, 6) is 3.57. The number of anilines is 1. The van der Waals surface area contributed by atoms with Gasteiger partial charge in [0.05, 0.1) is 11.0 Å². The van der Waals surface area contributed by atoms with E-state index >= 15 is 0 Å². The Bertz CT molecular complexity index is 1130. The maximum Gasteiger partial charge on any atom is 0.289 e. The van der Waals surface area contributed by atoms with Crippen LogP contribution in [0.4, 0.5) is 5.69 Å². The van der Waals surface area contributed by atoms with E-state index in [0.29, 0.717) is 29.6 Å². The number of ether oxygens (including phenoxy) is 1. The number of carbonyl (C=O) groups is 1. The first-order chi connectivity index (χ1) is 16.1. The van der Waals surface area contributed by atoms with Crippen LogP contribution in [0.1, 0.15) is 48.8 Å². The molecule has 2 aromatic carbocycles. The van der Waals surface area contributed by atoms with Gasteiger partial charge in [-0.15, -0.1) is 6.42 Å². The van der Waals surface area contributed by atoms with Crippen molar-refractivity contribution in [2.75, 3.05) is 18.9 Å². The van der Waals surface area contributed by atoms with Crippen molar-refractivity contribution in [3.63, 3.8) is 0 Å². The lowest BCUT2D eigenvalue weighted by Crippen LogP contribution is -2.47. The summed E-state index contributed by atoms with van der Waals surface area (Å²) in [6.07, 6.45) is 9.36. The Morgan fingerprint density at radius 1 is 1.30 bits per heavy atom. The molecule has 0 radical (unpaired) electrons. The number of fused-ring (bicyclic) bond motifs is 1. The lowest BCUT2D eigenvalue weighted by Gasteiger charge is -2.37. The number of aromatic nitrogens is 2. The maximum absolute atomic E-state index is 13.3. The smallest absolute Gasteiger partial charge is 0.289 e. The molecule has 0 spiro atoms. The van der Waals surface area contributed by atoms with E-state index in [2.05, 4.69) is 33.3 Å². The van der Waals surface area contributed by atoms with Gasteiger partial charge < -0.3 is 25.7 Å². The molecule has 0 bridgehead atoms. The van der Waals surface area contributed by atoms with E-state index in [-0.39, 0.29) is 18.6 Å². The Morgan fingerprint density at radius 3 is 2.88 bits per heavy atom. The minimum atomic E-state index is -0.0551. The number of carbonyl (C=O) groups excluding carboxylic acids is 1. The highest BCUT2D eigenvalue weighted by molar-refractivity contribution is 5.94. The molecule has 0 saturated heterocycles. The molecule has 1 aliphatic rings. The van der Waals surface area contributed by atoms with Crippen LogP contribution in [0.2, 0.25) is 0 Å². The van der Waals surface area contributed by atoms with Crippen LogP contribution in [-0.2, 0) is 6.54 Å². The number of nitrogens with one attached hydrogen (secondary N) is 2. The summed E-state index contributed by atoms with van der Waals surface area (Å²) >= 11 is 0. The third-order valence-corrected chi connectivity index (χ3v) is 6.24. The van der Waals surface area contributed by atoms with Crippen molar-refractivity contribution in [3.05, 3.63) is 53.9 Å². The first kappa shape index (κ1) is 22.7. The first-order valence-electron chi connectivity index (χ1n) is 11.5. The molecular formula is C26H31N5O2. The number of nitrogens with two attached hydrogens (primary N) is 1. The molecule has 172 valence electrons. The molecule has 4 rings (SSSR count). The molecule has 33 heavy (non-hydrogen) atoms. The molecule has 3 aromatic rings. The lowest BCUT2D eigenvalue weighted by atomic mass is 9.89. The normalized spacial score (nSPS) is 18.1. The molecule has 7 heteroatoms. The second-order valence-electron chi connectivity index (χ2n) is 8.49. The first-order valence-corrected chi connectivity index (χ1v) is 11.5. The number of hydrogen-bond acceptors (Lipinski definition) is 5. The molecule has 1 heterocycles. The second-order valence-corrected chi connectivity index (χ2v) is 8.49. The van der Waals surface area contributed by atoms with Crippen molar-refractivity contribution >= 4 is 22.6 Å². The van der Waals surface area contributed by atoms with Gasteiger partial charge in [-0.25, -0.2) is 4.98 Å². The number of H-pyrrole nitrogens is 1. The zero-order valence-electron chi connectivity index (χ0n) is 19.0. The fraction of sp³-hybridized carbons (Fsp3) is 0.385. The summed E-state index contributed by atoms with van der Waals surface area (Å²) in [6.45, 7) is 3.72. The summed E-state index contributed by atoms with van der Waals surface area (Å²) in [5, 5.41) is 3.67. The van der Waals surface area contributed by atoms with Gasteiger partial charge in [-0.1, -0.05) is 18.1 Å². The molecule has 2 unspecified atom stereocenters. The van der Waals surface area contributed by atoms with Gasteiger partial charge in [0.2, 0.25) is 0 Å². The van der Waals surface area contributed by atoms with Crippen LogP contribution in [0, 0.1) is 12.3 Å². The zero-order chi connectivity index (χ0) is 23.2. The fourth-order valence-corrected chi connectivity index (χ4v) is 4.55. The van der Waals surface area contributed by atoms with Gasteiger partial charge in [0.1, 0.15) is 12.4 Å². The number of nitrogens with zero attached hydrogens (tertiary/aromatic N) is 2. The molecule has 1 fully saturated rings. The van der Waals surface area contributed by atoms with Crippen LogP contribution in [0.5, 0.6) is 5.75 Å². The number of aromatic amines is 1. The predicted molar refractivity (Wildman–Crippen MR) is 131 cm³/mol. The minimum Gasteiger partial charge on any atom is -0.481 e. The van der Waals surface area contributed by atoms with Crippen LogP contribution in [-0.4, -0.2) is 46.0 Å². The standard InChI is InChI=1S/C26H31N5O2/c1-3-14-33-22-11-8-18(9-12-22)17-28-20-6-5-7-21(16-20)31(4-2)26(32)25-29-23-13-10-19(27)15-24(23)30-25/h1,8-13,15,20-21,28H,4-7,14,16-17,27H2,2H3,(H,29,30). The quantitative estimate of drug-likeness (QED) is 0.363. The van der Waals surface area contributed by atoms with Crippen molar-refractivity contribution < 1.29 is 9.53 Å². The van der Waals surface area contributed by atoms with Gasteiger partial charge in [-0.05, 0) is 68.5 Å². The fourth-order valence-electron chi connectivity index (χ4n) is 4.55. The summed E-state index contributed by atoms with van der Waals surface area (Å²) in [4.78, 5) is 22.9. The van der Waals surface area contributed by atoms with Crippen molar-refractivity contribution in [2.24, 2.45) is 0 Å². The van der Waals surface area contributed by atoms with E-state index < -0.39 is 0 Å². The molecular weight excluding hydrogens is 414 g/mol. The molecule has 2 atom stereocenters. The van der Waals surface area contributed by atoms with E-state index in [1.165, 1.54) is 5.56 Å². The average Bonchev–Trinajstić information content (AvgIpc) is 3.26. The van der Waals surface area contributed by atoms with E-state index in [1.807, 2.05) is 36.1 Å². The molecule has 1 aliphatic carbocycles. The topological polar surface area (TPSA) is 96.3 Å². The van der Waals surface area contributed by atoms with Crippen LogP contribution in [0.25, 0.3) is 11.0 Å². The zero-order valence-corrected chi connectivity index (χ0v) is 19.0. The van der Waals surface area contributed by atoms with Gasteiger partial charge in [-0.3, -0.25) is 4.79 Å². The SMILES string of the molecule is C#CCOc1ccc(CNC2CCCC(N(CC)C(=O)c3nc4cc(N)ccc4[nH]3)C2)cc1. The third kappa shape index (κ3) is 5.47. The van der Waals surface area contributed by atoms with Crippen molar-refractivity contribution in [3.8, 4) is 18.1 Å². The number of terminal acetylenes is 1. The van der Waals surface area contributed by atoms with Gasteiger partial charge >= 0.3 is 0 Å². The van der Waals surface area contributed by atoms with E-state index in [9.17, 15) is 4.79 Å². The highest BCUT2D eigenvalue weighted by atomic mass is 16.5. The molecule has 7 nitrogen and oxygen atoms in total. The van der Waals surface area contributed by atoms with Crippen molar-refractivity contribution in [2.45, 2.75) is 51.2 Å². The predicted octanol–water partition coefficient (Wildman–Crippen LogP) is 3.72. The molecule has 0 aliphatic heterocycles. The van der Waals surface area contributed by atoms with E-state index in [0.717, 1.165) is 43.5 Å². The van der Waals surface area contributed by atoms with Crippen LogP contribution in [0.15, 0.2) is 42.5 Å². The second kappa shape index (κ2) is 10.4. The van der Waals surface area contributed by atoms with Gasteiger partial charge in [-0.2, -0.15) is 0 Å². The third-order valence-electron chi connectivity index (χ3n) is 6.24. The monoisotopic (exact) mass is 445 g/mol. The Balaban J connectivity index is 1.36. The van der Waals surface area contributed by atoms with Gasteiger partial charge in [0.15, 0.2) is 5.82 Å². The van der Waals surface area contributed by atoms with Gasteiger partial charge in [0, 0.05) is 30.9 Å². The summed E-state index contributed by atoms with van der Waals surface area (Å²) < 4.78 is 5.43. The lowest BCUT2D eigenvalue weighted by molar-refractivity contribution is 0.0617. The largest absolute Gasteiger partial charge is 0.481 e. The number of imidazole rings is 1. The minimum absolute atomic E-state index is 0.0551. The van der Waals surface area contributed by atoms with Crippen LogP contribution in [0.3, 0.4) is 0 Å². The highest BCUT2D eigenvalue weighted by Gasteiger charge is 2.30. The average molecular weight is 446 g/mol. The van der Waals surface area contributed by atoms with Crippen LogP contribution >= 0.6 is 0 Å².